The molecule has 3 rings (SSSR count). The van der Waals surface area contributed by atoms with Crippen molar-refractivity contribution >= 4 is 0 Å². The standard InChI is InChI=1S/C18H27FN2/c1-3-20-18(15-6-4-13(2)17(19)11-15)8-9-21-12-14-5-7-16(21)10-14/h4,6,11,14,16,18,20H,3,5,7-10,12H2,1-2H3. The van der Waals surface area contributed by atoms with E-state index in [4.69, 9.17) is 0 Å². The zero-order chi connectivity index (χ0) is 14.8. The van der Waals surface area contributed by atoms with Crippen molar-refractivity contribution in [1.82, 2.24) is 10.2 Å². The zero-order valence-electron chi connectivity index (χ0n) is 13.2. The largest absolute Gasteiger partial charge is 0.310 e. The van der Waals surface area contributed by atoms with E-state index in [1.54, 1.807) is 6.07 Å². The number of likely N-dealkylation sites (tertiary alicyclic amines) is 1. The molecule has 0 spiro atoms. The Kier molecular flexibility index (Phi) is 4.60. The first kappa shape index (κ1) is 15.0. The number of halogens is 1. The highest BCUT2D eigenvalue weighted by atomic mass is 19.1. The monoisotopic (exact) mass is 290 g/mol. The fourth-order valence-electron chi connectivity index (χ4n) is 4.05. The van der Waals surface area contributed by atoms with Crippen LogP contribution in [0.2, 0.25) is 0 Å². The molecule has 116 valence electrons. The molecule has 2 nitrogen and oxygen atoms in total. The molecule has 2 aliphatic rings. The van der Waals surface area contributed by atoms with Crippen molar-refractivity contribution in [2.24, 2.45) is 5.92 Å². The van der Waals surface area contributed by atoms with Crippen LogP contribution in [0.25, 0.3) is 0 Å². The normalized spacial score (nSPS) is 26.4. The summed E-state index contributed by atoms with van der Waals surface area (Å²) in [5.41, 5.74) is 1.81. The van der Waals surface area contributed by atoms with Gasteiger partial charge in [-0.15, -0.1) is 0 Å². The SMILES string of the molecule is CCNC(CCN1CC2CCC1C2)c1ccc(C)c(F)c1. The molecule has 1 N–H and O–H groups in total. The number of nitrogens with zero attached hydrogens (tertiary/aromatic N) is 1. The van der Waals surface area contributed by atoms with Gasteiger partial charge in [-0.2, -0.15) is 0 Å². The van der Waals surface area contributed by atoms with Crippen molar-refractivity contribution in [2.75, 3.05) is 19.6 Å². The van der Waals surface area contributed by atoms with E-state index in [-0.39, 0.29) is 11.9 Å². The molecular weight excluding hydrogens is 263 g/mol. The molecule has 0 amide bonds. The van der Waals surface area contributed by atoms with Crippen LogP contribution in [0.4, 0.5) is 4.39 Å². The van der Waals surface area contributed by atoms with Crippen LogP contribution in [-0.4, -0.2) is 30.6 Å². The quantitative estimate of drug-likeness (QED) is 0.860. The van der Waals surface area contributed by atoms with Crippen molar-refractivity contribution in [3.05, 3.63) is 35.1 Å². The average Bonchev–Trinajstić information content (AvgIpc) is 3.09. The molecule has 0 radical (unpaired) electrons. The summed E-state index contributed by atoms with van der Waals surface area (Å²) in [6.45, 7) is 7.28. The fourth-order valence-corrected chi connectivity index (χ4v) is 4.05. The van der Waals surface area contributed by atoms with Crippen molar-refractivity contribution in [3.63, 3.8) is 0 Å². The predicted molar refractivity (Wildman–Crippen MR) is 84.9 cm³/mol. The summed E-state index contributed by atoms with van der Waals surface area (Å²) in [6.07, 6.45) is 5.29. The van der Waals surface area contributed by atoms with E-state index in [1.165, 1.54) is 25.8 Å². The minimum Gasteiger partial charge on any atom is -0.310 e. The van der Waals surface area contributed by atoms with Crippen LogP contribution in [0.15, 0.2) is 18.2 Å². The summed E-state index contributed by atoms with van der Waals surface area (Å²) in [5.74, 6) is 0.861. The van der Waals surface area contributed by atoms with Gasteiger partial charge >= 0.3 is 0 Å². The Balaban J connectivity index is 1.62. The smallest absolute Gasteiger partial charge is 0.126 e. The highest BCUT2D eigenvalue weighted by molar-refractivity contribution is 5.25. The summed E-state index contributed by atoms with van der Waals surface area (Å²) in [5, 5.41) is 3.52. The van der Waals surface area contributed by atoms with Crippen LogP contribution >= 0.6 is 0 Å². The van der Waals surface area contributed by atoms with Crippen molar-refractivity contribution in [3.8, 4) is 0 Å². The number of benzene rings is 1. The van der Waals surface area contributed by atoms with E-state index in [9.17, 15) is 4.39 Å². The average molecular weight is 290 g/mol. The van der Waals surface area contributed by atoms with Gasteiger partial charge in [-0.25, -0.2) is 4.39 Å². The third-order valence-corrected chi connectivity index (χ3v) is 5.28. The van der Waals surface area contributed by atoms with E-state index < -0.39 is 0 Å². The van der Waals surface area contributed by atoms with E-state index in [0.717, 1.165) is 42.6 Å². The van der Waals surface area contributed by atoms with Crippen LogP contribution in [-0.2, 0) is 0 Å². The molecule has 0 aromatic heterocycles. The summed E-state index contributed by atoms with van der Waals surface area (Å²) < 4.78 is 13.8. The van der Waals surface area contributed by atoms with Crippen molar-refractivity contribution < 1.29 is 4.39 Å². The molecule has 1 saturated carbocycles. The van der Waals surface area contributed by atoms with Crippen molar-refractivity contribution in [1.29, 1.82) is 0 Å². The minimum absolute atomic E-state index is 0.0874. The summed E-state index contributed by atoms with van der Waals surface area (Å²) in [4.78, 5) is 2.66. The highest BCUT2D eigenvalue weighted by Gasteiger charge is 2.37. The topological polar surface area (TPSA) is 15.3 Å². The first-order valence-corrected chi connectivity index (χ1v) is 8.41. The van der Waals surface area contributed by atoms with Gasteiger partial charge in [0.2, 0.25) is 0 Å². The Bertz CT molecular complexity index is 488. The van der Waals surface area contributed by atoms with Crippen molar-refractivity contribution in [2.45, 2.75) is 51.6 Å². The zero-order valence-corrected chi connectivity index (χ0v) is 13.2. The van der Waals surface area contributed by atoms with Crippen LogP contribution in [0.3, 0.4) is 0 Å². The number of hydrogen-bond acceptors (Lipinski definition) is 2. The van der Waals surface area contributed by atoms with Gasteiger partial charge in [0.05, 0.1) is 0 Å². The van der Waals surface area contributed by atoms with Gasteiger partial charge in [0.15, 0.2) is 0 Å². The van der Waals surface area contributed by atoms with E-state index in [0.29, 0.717) is 0 Å². The summed E-state index contributed by atoms with van der Waals surface area (Å²) in [7, 11) is 0. The molecule has 3 unspecified atom stereocenters. The lowest BCUT2D eigenvalue weighted by Crippen LogP contribution is -2.35. The van der Waals surface area contributed by atoms with Crippen LogP contribution in [0, 0.1) is 18.7 Å². The second-order valence-electron chi connectivity index (χ2n) is 6.74. The molecule has 2 fully saturated rings. The molecule has 1 aliphatic heterocycles. The fraction of sp³-hybridized carbons (Fsp3) is 0.667. The van der Waals surface area contributed by atoms with Gasteiger partial charge in [-0.3, -0.25) is 0 Å². The van der Waals surface area contributed by atoms with Crippen LogP contribution in [0.5, 0.6) is 0 Å². The van der Waals surface area contributed by atoms with Gasteiger partial charge in [0, 0.05) is 25.2 Å². The lowest BCUT2D eigenvalue weighted by atomic mass is 10.0. The third-order valence-electron chi connectivity index (χ3n) is 5.28. The Morgan fingerprint density at radius 2 is 2.24 bits per heavy atom. The number of hydrogen-bond donors (Lipinski definition) is 1. The lowest BCUT2D eigenvalue weighted by molar-refractivity contribution is 0.203. The van der Waals surface area contributed by atoms with Gasteiger partial charge in [0.25, 0.3) is 0 Å². The maximum atomic E-state index is 13.8. The van der Waals surface area contributed by atoms with Gasteiger partial charge < -0.3 is 10.2 Å². The lowest BCUT2D eigenvalue weighted by Gasteiger charge is -2.29. The van der Waals surface area contributed by atoms with Crippen LogP contribution < -0.4 is 5.32 Å². The molecule has 3 heteroatoms. The second kappa shape index (κ2) is 6.45. The third kappa shape index (κ3) is 3.29. The molecule has 1 saturated heterocycles. The first-order chi connectivity index (χ1) is 10.2. The summed E-state index contributed by atoms with van der Waals surface area (Å²) in [6, 6.07) is 6.77. The molecule has 3 atom stereocenters. The van der Waals surface area contributed by atoms with E-state index >= 15 is 0 Å². The first-order valence-electron chi connectivity index (χ1n) is 8.41. The Hall–Kier alpha value is -0.930. The minimum atomic E-state index is -0.0874. The van der Waals surface area contributed by atoms with Crippen LogP contribution in [0.1, 0.15) is 49.8 Å². The maximum Gasteiger partial charge on any atom is 0.126 e. The molecule has 1 aromatic rings. The number of rotatable bonds is 6. The van der Waals surface area contributed by atoms with E-state index in [1.807, 2.05) is 13.0 Å². The number of fused-ring (bicyclic) bond motifs is 2. The molecular formula is C18H27FN2. The number of aryl methyl sites for hydroxylation is 1. The molecule has 1 aromatic carbocycles. The number of piperidine rings is 1. The molecule has 21 heavy (non-hydrogen) atoms. The Labute approximate surface area is 127 Å². The summed E-state index contributed by atoms with van der Waals surface area (Å²) >= 11 is 0. The van der Waals surface area contributed by atoms with Gasteiger partial charge in [-0.05, 0) is 62.3 Å². The Morgan fingerprint density at radius 1 is 1.38 bits per heavy atom. The molecule has 2 bridgehead atoms. The maximum absolute atomic E-state index is 13.8. The highest BCUT2D eigenvalue weighted by Crippen LogP contribution is 2.37. The van der Waals surface area contributed by atoms with Gasteiger partial charge in [0.1, 0.15) is 5.82 Å². The predicted octanol–water partition coefficient (Wildman–Crippen LogP) is 3.66. The Morgan fingerprint density at radius 3 is 2.86 bits per heavy atom. The van der Waals surface area contributed by atoms with Gasteiger partial charge in [-0.1, -0.05) is 19.1 Å². The van der Waals surface area contributed by atoms with E-state index in [2.05, 4.69) is 23.2 Å². The number of nitrogens with one attached hydrogen (secondary N) is 1. The molecule has 1 aliphatic carbocycles. The second-order valence-corrected chi connectivity index (χ2v) is 6.74. The molecule has 1 heterocycles.